The van der Waals surface area contributed by atoms with Crippen LogP contribution in [0.3, 0.4) is 0 Å². The Hall–Kier alpha value is -4.06. The van der Waals surface area contributed by atoms with Crippen LogP contribution in [0.15, 0.2) is 69.9 Å². The van der Waals surface area contributed by atoms with Gasteiger partial charge in [0.2, 0.25) is 5.76 Å². The molecule has 6 nitrogen and oxygen atoms in total. The molecule has 2 heterocycles. The number of carbonyl (C=O) groups is 1. The fraction of sp³-hybridized carbons (Fsp3) is 0.241. The monoisotopic (exact) mass is 469 g/mol. The van der Waals surface area contributed by atoms with Gasteiger partial charge >= 0.3 is 0 Å². The number of amides is 1. The van der Waals surface area contributed by atoms with Gasteiger partial charge in [-0.2, -0.15) is 0 Å². The lowest BCUT2D eigenvalue weighted by Crippen LogP contribution is -2.31. The normalized spacial score (nSPS) is 14.9. The van der Waals surface area contributed by atoms with Crippen molar-refractivity contribution in [3.63, 3.8) is 0 Å². The molecule has 1 amide bonds. The van der Waals surface area contributed by atoms with Crippen molar-refractivity contribution in [1.82, 2.24) is 4.90 Å². The van der Waals surface area contributed by atoms with Gasteiger partial charge in [-0.3, -0.25) is 9.59 Å². The Morgan fingerprint density at radius 1 is 0.857 bits per heavy atom. The predicted molar refractivity (Wildman–Crippen MR) is 135 cm³/mol. The molecule has 1 atom stereocenters. The largest absolute Gasteiger partial charge is 0.497 e. The van der Waals surface area contributed by atoms with Gasteiger partial charge in [0.15, 0.2) is 5.43 Å². The van der Waals surface area contributed by atoms with Gasteiger partial charge in [-0.15, -0.1) is 0 Å². The van der Waals surface area contributed by atoms with E-state index in [0.29, 0.717) is 35.2 Å². The maximum Gasteiger partial charge on any atom is 0.290 e. The van der Waals surface area contributed by atoms with Gasteiger partial charge in [0.1, 0.15) is 17.1 Å². The lowest BCUT2D eigenvalue weighted by molar-refractivity contribution is 0.0730. The Balaban J connectivity index is 1.61. The standard InChI is InChI=1S/C29H27NO5/c1-17-15-23-24(16-18(17)2)35-28-25(27(23)31)26(20-7-11-22(34-4)12-8-20)30(29(28)32)14-13-19-5-9-21(33-3)10-6-19/h5-12,15-16,26H,13-14H2,1-4H3/t26-/m0/s1. The first kappa shape index (κ1) is 22.7. The van der Waals surface area contributed by atoms with E-state index in [-0.39, 0.29) is 17.1 Å². The molecule has 0 spiro atoms. The number of benzene rings is 3. The van der Waals surface area contributed by atoms with Crippen LogP contribution < -0.4 is 14.9 Å². The van der Waals surface area contributed by atoms with Crippen molar-refractivity contribution in [3.8, 4) is 11.5 Å². The fourth-order valence-electron chi connectivity index (χ4n) is 4.68. The summed E-state index contributed by atoms with van der Waals surface area (Å²) in [5.41, 5.74) is 4.59. The summed E-state index contributed by atoms with van der Waals surface area (Å²) in [4.78, 5) is 29.1. The molecule has 5 rings (SSSR count). The van der Waals surface area contributed by atoms with E-state index in [1.807, 2.05) is 74.5 Å². The van der Waals surface area contributed by atoms with E-state index in [9.17, 15) is 9.59 Å². The quantitative estimate of drug-likeness (QED) is 0.388. The zero-order chi connectivity index (χ0) is 24.7. The number of rotatable bonds is 6. The fourth-order valence-corrected chi connectivity index (χ4v) is 4.68. The molecule has 0 saturated heterocycles. The number of aryl methyl sites for hydroxylation is 2. The van der Waals surface area contributed by atoms with Gasteiger partial charge in [0, 0.05) is 6.54 Å². The molecule has 1 aromatic heterocycles. The Kier molecular flexibility index (Phi) is 5.81. The smallest absolute Gasteiger partial charge is 0.290 e. The number of methoxy groups -OCH3 is 2. The van der Waals surface area contributed by atoms with Crippen molar-refractivity contribution in [2.75, 3.05) is 20.8 Å². The van der Waals surface area contributed by atoms with Crippen molar-refractivity contribution in [3.05, 3.63) is 104 Å². The zero-order valence-corrected chi connectivity index (χ0v) is 20.3. The summed E-state index contributed by atoms with van der Waals surface area (Å²) in [6.07, 6.45) is 0.627. The summed E-state index contributed by atoms with van der Waals surface area (Å²) in [5, 5.41) is 0.496. The molecule has 0 N–H and O–H groups in total. The van der Waals surface area contributed by atoms with Crippen LogP contribution in [0.5, 0.6) is 11.5 Å². The maximum atomic E-state index is 13.7. The number of nitrogens with zero attached hydrogens (tertiary/aromatic N) is 1. The van der Waals surface area contributed by atoms with Crippen LogP contribution in [0.4, 0.5) is 0 Å². The highest BCUT2D eigenvalue weighted by Gasteiger charge is 2.42. The van der Waals surface area contributed by atoms with Gasteiger partial charge in [-0.1, -0.05) is 24.3 Å². The van der Waals surface area contributed by atoms with Gasteiger partial charge in [-0.25, -0.2) is 0 Å². The average Bonchev–Trinajstić information content (AvgIpc) is 3.16. The first-order chi connectivity index (χ1) is 16.9. The van der Waals surface area contributed by atoms with Crippen molar-refractivity contribution >= 4 is 16.9 Å². The highest BCUT2D eigenvalue weighted by atomic mass is 16.5. The third-order valence-corrected chi connectivity index (χ3v) is 6.81. The number of fused-ring (bicyclic) bond motifs is 2. The second-order valence-electron chi connectivity index (χ2n) is 8.88. The van der Waals surface area contributed by atoms with Gasteiger partial charge in [0.05, 0.1) is 31.2 Å². The number of ether oxygens (including phenoxy) is 2. The van der Waals surface area contributed by atoms with Crippen LogP contribution in [0.25, 0.3) is 11.0 Å². The first-order valence-electron chi connectivity index (χ1n) is 11.6. The molecule has 0 saturated carbocycles. The molecule has 1 aliphatic heterocycles. The summed E-state index contributed by atoms with van der Waals surface area (Å²) in [7, 11) is 3.24. The zero-order valence-electron chi connectivity index (χ0n) is 20.3. The van der Waals surface area contributed by atoms with Gasteiger partial charge in [-0.05, 0) is 78.9 Å². The van der Waals surface area contributed by atoms with E-state index >= 15 is 0 Å². The summed E-state index contributed by atoms with van der Waals surface area (Å²) < 4.78 is 16.7. The first-order valence-corrected chi connectivity index (χ1v) is 11.6. The molecule has 6 heteroatoms. The van der Waals surface area contributed by atoms with Crippen LogP contribution >= 0.6 is 0 Å². The Morgan fingerprint density at radius 3 is 2.09 bits per heavy atom. The van der Waals surface area contributed by atoms with E-state index in [2.05, 4.69) is 0 Å². The Morgan fingerprint density at radius 2 is 1.46 bits per heavy atom. The minimum absolute atomic E-state index is 0.126. The second-order valence-corrected chi connectivity index (χ2v) is 8.88. The van der Waals surface area contributed by atoms with E-state index in [0.717, 1.165) is 28.0 Å². The summed E-state index contributed by atoms with van der Waals surface area (Å²) in [6, 6.07) is 18.4. The van der Waals surface area contributed by atoms with Crippen LogP contribution in [-0.2, 0) is 6.42 Å². The summed E-state index contributed by atoms with van der Waals surface area (Å²) >= 11 is 0. The SMILES string of the molecule is COc1ccc(CCN2C(=O)c3oc4cc(C)c(C)cc4c(=O)c3[C@@H]2c2ccc(OC)cc2)cc1. The lowest BCUT2D eigenvalue weighted by atomic mass is 9.97. The summed E-state index contributed by atoms with van der Waals surface area (Å²) in [6.45, 7) is 4.36. The van der Waals surface area contributed by atoms with Gasteiger partial charge in [0.25, 0.3) is 5.91 Å². The van der Waals surface area contributed by atoms with Crippen LogP contribution in [0, 0.1) is 13.8 Å². The molecule has 0 aliphatic carbocycles. The van der Waals surface area contributed by atoms with Crippen molar-refractivity contribution < 1.29 is 18.7 Å². The molecule has 0 radical (unpaired) electrons. The van der Waals surface area contributed by atoms with E-state index in [1.54, 1.807) is 19.1 Å². The second kappa shape index (κ2) is 8.95. The van der Waals surface area contributed by atoms with Gasteiger partial charge < -0.3 is 18.8 Å². The minimum atomic E-state index is -0.538. The molecule has 0 unspecified atom stereocenters. The average molecular weight is 470 g/mol. The topological polar surface area (TPSA) is 69.0 Å². The highest BCUT2D eigenvalue weighted by molar-refractivity contribution is 5.99. The van der Waals surface area contributed by atoms with E-state index < -0.39 is 6.04 Å². The molecular formula is C29H27NO5. The van der Waals surface area contributed by atoms with Crippen LogP contribution in [0.2, 0.25) is 0 Å². The molecule has 35 heavy (non-hydrogen) atoms. The summed E-state index contributed by atoms with van der Waals surface area (Å²) in [5.74, 6) is 1.34. The Labute approximate surface area is 203 Å². The van der Waals surface area contributed by atoms with Crippen molar-refractivity contribution in [2.45, 2.75) is 26.3 Å². The molecule has 0 bridgehead atoms. The third-order valence-electron chi connectivity index (χ3n) is 6.81. The van der Waals surface area contributed by atoms with Crippen LogP contribution in [-0.4, -0.2) is 31.6 Å². The minimum Gasteiger partial charge on any atom is -0.497 e. The Bertz CT molecular complexity index is 1470. The molecule has 178 valence electrons. The molecule has 0 fully saturated rings. The molecule has 4 aromatic rings. The number of carbonyl (C=O) groups excluding carboxylic acids is 1. The van der Waals surface area contributed by atoms with E-state index in [1.165, 1.54) is 0 Å². The highest BCUT2D eigenvalue weighted by Crippen LogP contribution is 2.39. The lowest BCUT2D eigenvalue weighted by Gasteiger charge is -2.25. The third kappa shape index (κ3) is 3.95. The molecular weight excluding hydrogens is 442 g/mol. The van der Waals surface area contributed by atoms with Crippen molar-refractivity contribution in [1.29, 1.82) is 0 Å². The number of hydrogen-bond acceptors (Lipinski definition) is 5. The van der Waals surface area contributed by atoms with Crippen LogP contribution in [0.1, 0.15) is 44.4 Å². The van der Waals surface area contributed by atoms with Crippen molar-refractivity contribution in [2.24, 2.45) is 0 Å². The molecule has 3 aromatic carbocycles. The molecule has 1 aliphatic rings. The number of hydrogen-bond donors (Lipinski definition) is 0. The van der Waals surface area contributed by atoms with E-state index in [4.69, 9.17) is 13.9 Å². The predicted octanol–water partition coefficient (Wildman–Crippen LogP) is 5.21. The maximum absolute atomic E-state index is 13.7.